The van der Waals surface area contributed by atoms with Crippen molar-refractivity contribution >= 4 is 92.8 Å². The van der Waals surface area contributed by atoms with Gasteiger partial charge < -0.3 is 45.4 Å². The molecule has 10 rings (SSSR count). The molecular weight excluding hydrogens is 1210 g/mol. The lowest BCUT2D eigenvalue weighted by atomic mass is 9.83. The Hall–Kier alpha value is -7.21. The molecule has 0 spiro atoms. The van der Waals surface area contributed by atoms with Gasteiger partial charge in [0.05, 0.1) is 29.5 Å². The molecule has 6 heterocycles. The van der Waals surface area contributed by atoms with Gasteiger partial charge in [-0.1, -0.05) is 74.9 Å². The van der Waals surface area contributed by atoms with Gasteiger partial charge in [0.2, 0.25) is 28.8 Å². The van der Waals surface area contributed by atoms with Crippen LogP contribution in [0.4, 0.5) is 9.59 Å². The summed E-state index contributed by atoms with van der Waals surface area (Å²) in [6.45, 7) is 14.9. The Morgan fingerprint density at radius 1 is 0.622 bits per heavy atom. The molecule has 6 atom stereocenters. The van der Waals surface area contributed by atoms with Gasteiger partial charge in [-0.2, -0.15) is 0 Å². The Balaban J connectivity index is 0.000000217. The van der Waals surface area contributed by atoms with Crippen LogP contribution in [0.25, 0.3) is 44.3 Å². The number of nitrogens with two attached hydrogens (primary N) is 1. The average Bonchev–Trinajstić information content (AvgIpc) is 1.59. The molecule has 4 aromatic heterocycles. The van der Waals surface area contributed by atoms with Crippen molar-refractivity contribution in [2.45, 2.75) is 193 Å². The molecule has 6 aromatic rings. The molecule has 2 saturated heterocycles. The predicted octanol–water partition coefficient (Wildman–Crippen LogP) is 11.6. The number of nitrogens with zero attached hydrogens (tertiary/aromatic N) is 6. The van der Waals surface area contributed by atoms with E-state index in [9.17, 15) is 38.4 Å². The van der Waals surface area contributed by atoms with E-state index >= 15 is 0 Å². The summed E-state index contributed by atoms with van der Waals surface area (Å²) in [5.41, 5.74) is 9.46. The van der Waals surface area contributed by atoms with Gasteiger partial charge in [-0.05, 0) is 131 Å². The highest BCUT2D eigenvalue weighted by Gasteiger charge is 2.42. The summed E-state index contributed by atoms with van der Waals surface area (Å²) >= 11 is 3.06. The van der Waals surface area contributed by atoms with E-state index in [1.165, 1.54) is 56.5 Å². The molecule has 6 N–H and O–H groups in total. The van der Waals surface area contributed by atoms with Gasteiger partial charge in [-0.25, -0.2) is 24.4 Å². The van der Waals surface area contributed by atoms with E-state index in [2.05, 4.69) is 15.3 Å². The number of H-pyrrole nitrogens is 2. The standard InChI is InChI=1S/C33H43N5O5S.C24H28N4O2S.C9H17NO4.ClH/c1-20(37(5)32(42)43-33(2,3)4)29(40)36-28(21-12-7-6-8-13-21)31(41)38-17-11-16-26(38)30-35-25(19-44-30)23-18-27(39)34-24-15-10-9-14-22(23)24;25-22(15-7-2-1-3-8-15)24(30)28-12-6-11-20(28)23-27-19(14-31-23)17-13-21(29)26-18-10-5-4-9-16(17)18;1-6(7(11)12)10(5)8(13)14-9(2,3)4;/h9-10,14-15,18-21,26,28H,6-8,11-13,16-17H2,1-5H3,(H,34,39)(H,36,40);4-5,9-10,13-15,20,22H,1-3,6-8,11-12,25H2,(H,26,29);6H,1-5H3,(H,11,12);1H/t20-,26-,28-;20-,22-;6-;/m000./s1. The molecule has 0 radical (unpaired) electrons. The van der Waals surface area contributed by atoms with Gasteiger partial charge >= 0.3 is 18.2 Å². The number of aliphatic carboxylic acids is 1. The molecule has 4 aliphatic rings. The fourth-order valence-electron chi connectivity index (χ4n) is 12.0. The van der Waals surface area contributed by atoms with Crippen molar-refractivity contribution in [3.63, 3.8) is 0 Å². The summed E-state index contributed by atoms with van der Waals surface area (Å²) in [5, 5.41) is 19.3. The van der Waals surface area contributed by atoms with Crippen LogP contribution < -0.4 is 22.2 Å². The molecule has 90 heavy (non-hydrogen) atoms. The number of likely N-dealkylation sites (tertiary alicyclic amines) is 2. The van der Waals surface area contributed by atoms with Crippen LogP contribution in [-0.2, 0) is 28.7 Å². The van der Waals surface area contributed by atoms with Crippen LogP contribution in [0.5, 0.6) is 0 Å². The first-order chi connectivity index (χ1) is 42.2. The number of carbonyl (C=O) groups is 6. The largest absolute Gasteiger partial charge is 0.480 e. The number of carboxylic acids is 1. The zero-order valence-corrected chi connectivity index (χ0v) is 55.8. The number of aromatic amines is 2. The Morgan fingerprint density at radius 3 is 1.47 bits per heavy atom. The number of carbonyl (C=O) groups excluding carboxylic acids is 5. The first kappa shape index (κ1) is 70.3. The maximum Gasteiger partial charge on any atom is 0.410 e. The number of amides is 5. The lowest BCUT2D eigenvalue weighted by molar-refractivity contribution is -0.142. The quantitative estimate of drug-likeness (QED) is 0.0719. The van der Waals surface area contributed by atoms with Gasteiger partial charge in [0.1, 0.15) is 39.3 Å². The Kier molecular flexibility index (Phi) is 24.0. The predicted molar refractivity (Wildman–Crippen MR) is 354 cm³/mol. The molecule has 0 unspecified atom stereocenters. The van der Waals surface area contributed by atoms with Crippen molar-refractivity contribution in [1.82, 2.24) is 44.9 Å². The third kappa shape index (κ3) is 17.6. The molecule has 5 amide bonds. The van der Waals surface area contributed by atoms with E-state index in [4.69, 9.17) is 30.3 Å². The van der Waals surface area contributed by atoms with Crippen molar-refractivity contribution in [2.24, 2.45) is 17.6 Å². The number of pyridine rings is 2. The normalized spacial score (nSPS) is 18.6. The molecule has 488 valence electrons. The summed E-state index contributed by atoms with van der Waals surface area (Å²) in [4.78, 5) is 122. The minimum absolute atomic E-state index is 0. The zero-order valence-electron chi connectivity index (χ0n) is 53.4. The number of halogens is 1. The number of hydrogen-bond acceptors (Lipinski definition) is 15. The minimum Gasteiger partial charge on any atom is -0.480 e. The number of likely N-dealkylation sites (N-methyl/N-ethyl adjacent to an activating group) is 2. The zero-order chi connectivity index (χ0) is 64.5. The molecule has 2 aliphatic carbocycles. The minimum atomic E-state index is -1.06. The molecule has 2 aliphatic heterocycles. The van der Waals surface area contributed by atoms with Crippen LogP contribution in [0, 0.1) is 11.8 Å². The number of ether oxygens (including phenoxy) is 2. The van der Waals surface area contributed by atoms with Gasteiger partial charge in [-0.3, -0.25) is 33.8 Å². The van der Waals surface area contributed by atoms with Gasteiger partial charge in [-0.15, -0.1) is 35.1 Å². The first-order valence-corrected chi connectivity index (χ1v) is 32.9. The number of fused-ring (bicyclic) bond motifs is 2. The lowest BCUT2D eigenvalue weighted by Crippen LogP contribution is -2.56. The van der Waals surface area contributed by atoms with E-state index < -0.39 is 53.5 Å². The summed E-state index contributed by atoms with van der Waals surface area (Å²) in [6, 6.07) is 15.6. The van der Waals surface area contributed by atoms with Crippen LogP contribution in [0.15, 0.2) is 81.0 Å². The SMILES string of the molecule is C[C@@H](C(=O)N[C@H](C(=O)N1CCC[C@H]1c1nc(-c2cc(=O)[nH]c3ccccc23)cs1)C1CCCCC1)N(C)C(=O)OC(C)(C)C.C[C@@H](C(=O)O)N(C)C(=O)OC(C)(C)C.Cl.N[C@H](C(=O)N1CCC[C@H]1c1nc(-c2cc(=O)[nH]c3ccccc23)cs1)C1CCCCC1. The third-order valence-electron chi connectivity index (χ3n) is 17.1. The van der Waals surface area contributed by atoms with E-state index in [1.807, 2.05) is 69.1 Å². The molecule has 4 fully saturated rings. The van der Waals surface area contributed by atoms with Crippen LogP contribution in [-0.4, -0.2) is 143 Å². The van der Waals surface area contributed by atoms with Gasteiger partial charge in [0.15, 0.2) is 0 Å². The van der Waals surface area contributed by atoms with E-state index in [-0.39, 0.29) is 59.2 Å². The van der Waals surface area contributed by atoms with Gasteiger partial charge in [0.25, 0.3) is 0 Å². The van der Waals surface area contributed by atoms with Crippen LogP contribution in [0.2, 0.25) is 0 Å². The maximum absolute atomic E-state index is 14.3. The highest BCUT2D eigenvalue weighted by Crippen LogP contribution is 2.40. The number of thiazole rings is 2. The number of aromatic nitrogens is 4. The number of carboxylic acid groups (broad SMARTS) is 1. The van der Waals surface area contributed by atoms with Crippen molar-refractivity contribution in [2.75, 3.05) is 27.2 Å². The molecular formula is C66H89ClN10O11S2. The maximum atomic E-state index is 14.3. The Morgan fingerprint density at radius 2 is 1.03 bits per heavy atom. The number of benzene rings is 2. The molecule has 0 bridgehead atoms. The van der Waals surface area contributed by atoms with Crippen LogP contribution in [0.1, 0.15) is 167 Å². The summed E-state index contributed by atoms with van der Waals surface area (Å²) in [6.07, 6.45) is 12.9. The van der Waals surface area contributed by atoms with E-state index in [1.54, 1.807) is 71.9 Å². The van der Waals surface area contributed by atoms with Crippen LogP contribution in [0.3, 0.4) is 0 Å². The Bertz CT molecular complexity index is 3600. The first-order valence-electron chi connectivity index (χ1n) is 31.2. The fraction of sp³-hybridized carbons (Fsp3) is 0.545. The molecule has 2 aromatic carbocycles. The fourth-order valence-corrected chi connectivity index (χ4v) is 14.0. The summed E-state index contributed by atoms with van der Waals surface area (Å²) < 4.78 is 10.4. The second-order valence-corrected chi connectivity index (χ2v) is 27.7. The number of nitrogens with one attached hydrogen (secondary N) is 3. The summed E-state index contributed by atoms with van der Waals surface area (Å²) in [7, 11) is 2.93. The highest BCUT2D eigenvalue weighted by molar-refractivity contribution is 7.10. The van der Waals surface area contributed by atoms with E-state index in [0.29, 0.717) is 18.2 Å². The van der Waals surface area contributed by atoms with Crippen molar-refractivity contribution in [1.29, 1.82) is 0 Å². The smallest absolute Gasteiger partial charge is 0.410 e. The highest BCUT2D eigenvalue weighted by atomic mass is 35.5. The average molecular weight is 1300 g/mol. The third-order valence-corrected chi connectivity index (χ3v) is 19.0. The monoisotopic (exact) mass is 1300 g/mol. The molecule has 21 nitrogen and oxygen atoms in total. The van der Waals surface area contributed by atoms with Crippen molar-refractivity contribution in [3.8, 4) is 22.5 Å². The second kappa shape index (κ2) is 30.7. The topological polar surface area (TPSA) is 284 Å². The molecule has 2 saturated carbocycles. The van der Waals surface area contributed by atoms with Crippen molar-refractivity contribution in [3.05, 3.63) is 102 Å². The number of rotatable bonds is 13. The van der Waals surface area contributed by atoms with Crippen molar-refractivity contribution < 1.29 is 43.3 Å². The number of hydrogen-bond donors (Lipinski definition) is 5. The summed E-state index contributed by atoms with van der Waals surface area (Å²) in [5.74, 6) is -1.13. The van der Waals surface area contributed by atoms with Gasteiger partial charge in [0, 0.05) is 83.0 Å². The second-order valence-electron chi connectivity index (χ2n) is 25.9. The number of para-hydroxylation sites is 2. The van der Waals surface area contributed by atoms with Crippen LogP contribution >= 0.6 is 35.1 Å². The lowest BCUT2D eigenvalue weighted by Gasteiger charge is -2.36. The Labute approximate surface area is 540 Å². The molecule has 24 heteroatoms. The van der Waals surface area contributed by atoms with E-state index in [0.717, 1.165) is 131 Å².